The Hall–Kier alpha value is -3.12. The van der Waals surface area contributed by atoms with E-state index in [1.807, 2.05) is 54.6 Å². The summed E-state index contributed by atoms with van der Waals surface area (Å²) in [7, 11) is 2.14. The average Bonchev–Trinajstić information content (AvgIpc) is 3.18. The fraction of sp³-hybridized carbons (Fsp3) is 0.360. The molecule has 5 rings (SSSR count). The molecule has 6 heteroatoms. The summed E-state index contributed by atoms with van der Waals surface area (Å²) in [4.78, 5) is 20.0. The summed E-state index contributed by atoms with van der Waals surface area (Å²) < 4.78 is 12.4. The summed E-state index contributed by atoms with van der Waals surface area (Å²) in [5, 5.41) is 3.21. The molecule has 1 saturated heterocycles. The maximum atomic E-state index is 13.2. The predicted octanol–water partition coefficient (Wildman–Crippen LogP) is 4.37. The topological polar surface area (TPSA) is 67.6 Å². The minimum absolute atomic E-state index is 0.134. The monoisotopic (exact) mass is 417 g/mol. The van der Waals surface area contributed by atoms with Crippen molar-refractivity contribution in [3.05, 3.63) is 71.6 Å². The Balaban J connectivity index is 1.41. The minimum atomic E-state index is -0.246. The van der Waals surface area contributed by atoms with Crippen LogP contribution in [0.15, 0.2) is 59.0 Å². The van der Waals surface area contributed by atoms with Crippen molar-refractivity contribution in [2.45, 2.75) is 37.8 Å². The highest BCUT2D eigenvalue weighted by Gasteiger charge is 2.43. The standard InChI is InChI=1S/C25H27N3O3/c1-17-22(30-24(26-17)18-8-4-3-5-9-18)23(29)27-20-16-25(12-14-28(2)15-13-25)31-21-11-7-6-10-19(20)21/h3-11,20H,12-16H2,1-2H3,(H,27,29). The third kappa shape index (κ3) is 3.83. The van der Waals surface area contributed by atoms with Gasteiger partial charge in [0, 0.05) is 30.6 Å². The summed E-state index contributed by atoms with van der Waals surface area (Å²) in [5.74, 6) is 1.35. The molecule has 1 N–H and O–H groups in total. The number of nitrogens with one attached hydrogen (secondary N) is 1. The molecule has 0 bridgehead atoms. The molecule has 0 radical (unpaired) electrons. The summed E-state index contributed by atoms with van der Waals surface area (Å²) in [6, 6.07) is 17.5. The van der Waals surface area contributed by atoms with Gasteiger partial charge in [-0.1, -0.05) is 36.4 Å². The number of carbonyl (C=O) groups excluding carboxylic acids is 1. The molecule has 31 heavy (non-hydrogen) atoms. The van der Waals surface area contributed by atoms with Crippen molar-refractivity contribution >= 4 is 5.91 Å². The fourth-order valence-corrected chi connectivity index (χ4v) is 4.61. The number of para-hydroxylation sites is 1. The zero-order valence-corrected chi connectivity index (χ0v) is 17.9. The highest BCUT2D eigenvalue weighted by Crippen LogP contribution is 2.44. The Morgan fingerprint density at radius 2 is 1.81 bits per heavy atom. The van der Waals surface area contributed by atoms with Crippen LogP contribution in [0.25, 0.3) is 11.5 Å². The van der Waals surface area contributed by atoms with Gasteiger partial charge in [-0.15, -0.1) is 0 Å². The number of aromatic nitrogens is 1. The lowest BCUT2D eigenvalue weighted by Crippen LogP contribution is -2.51. The van der Waals surface area contributed by atoms with Gasteiger partial charge in [-0.2, -0.15) is 0 Å². The molecular weight excluding hydrogens is 390 g/mol. The van der Waals surface area contributed by atoms with Gasteiger partial charge in [-0.3, -0.25) is 4.79 Å². The minimum Gasteiger partial charge on any atom is -0.487 e. The molecule has 1 amide bonds. The molecule has 3 aromatic rings. The highest BCUT2D eigenvalue weighted by molar-refractivity contribution is 5.93. The highest BCUT2D eigenvalue weighted by atomic mass is 16.5. The van der Waals surface area contributed by atoms with E-state index in [0.717, 1.165) is 49.2 Å². The smallest absolute Gasteiger partial charge is 0.289 e. The van der Waals surface area contributed by atoms with Crippen molar-refractivity contribution in [2.24, 2.45) is 0 Å². The second kappa shape index (κ2) is 7.85. The van der Waals surface area contributed by atoms with Gasteiger partial charge in [0.25, 0.3) is 5.91 Å². The van der Waals surface area contributed by atoms with Crippen molar-refractivity contribution in [3.8, 4) is 17.2 Å². The van der Waals surface area contributed by atoms with E-state index in [-0.39, 0.29) is 23.3 Å². The maximum absolute atomic E-state index is 13.2. The van der Waals surface area contributed by atoms with Crippen LogP contribution in [0.2, 0.25) is 0 Å². The molecule has 1 fully saturated rings. The van der Waals surface area contributed by atoms with Gasteiger partial charge in [-0.05, 0) is 45.0 Å². The van der Waals surface area contributed by atoms with Gasteiger partial charge in [0.2, 0.25) is 11.7 Å². The summed E-state index contributed by atoms with van der Waals surface area (Å²) in [6.07, 6.45) is 2.65. The van der Waals surface area contributed by atoms with E-state index >= 15 is 0 Å². The lowest BCUT2D eigenvalue weighted by atomic mass is 9.80. The lowest BCUT2D eigenvalue weighted by molar-refractivity contribution is -0.0196. The van der Waals surface area contributed by atoms with E-state index in [2.05, 4.69) is 22.2 Å². The van der Waals surface area contributed by atoms with Crippen molar-refractivity contribution in [1.82, 2.24) is 15.2 Å². The van der Waals surface area contributed by atoms with Crippen LogP contribution in [0.1, 0.15) is 47.1 Å². The molecule has 0 saturated carbocycles. The van der Waals surface area contributed by atoms with Crippen LogP contribution in [-0.2, 0) is 0 Å². The van der Waals surface area contributed by atoms with Crippen LogP contribution in [0.3, 0.4) is 0 Å². The summed E-state index contributed by atoms with van der Waals surface area (Å²) in [5.41, 5.74) is 2.21. The molecular formula is C25H27N3O3. The maximum Gasteiger partial charge on any atom is 0.289 e. The Morgan fingerprint density at radius 3 is 2.58 bits per heavy atom. The molecule has 1 atom stereocenters. The number of fused-ring (bicyclic) bond motifs is 1. The second-order valence-electron chi connectivity index (χ2n) is 8.66. The van der Waals surface area contributed by atoms with Gasteiger partial charge >= 0.3 is 0 Å². The van der Waals surface area contributed by atoms with Crippen molar-refractivity contribution in [1.29, 1.82) is 0 Å². The molecule has 2 aliphatic rings. The number of oxazole rings is 1. The third-order valence-corrected chi connectivity index (χ3v) is 6.42. The molecule has 2 aliphatic heterocycles. The number of ether oxygens (including phenoxy) is 1. The van der Waals surface area contributed by atoms with Crippen molar-refractivity contribution < 1.29 is 13.9 Å². The number of rotatable bonds is 3. The van der Waals surface area contributed by atoms with E-state index in [0.29, 0.717) is 11.6 Å². The molecule has 0 aliphatic carbocycles. The molecule has 3 heterocycles. The van der Waals surface area contributed by atoms with Crippen LogP contribution >= 0.6 is 0 Å². The molecule has 1 spiro atoms. The van der Waals surface area contributed by atoms with E-state index in [9.17, 15) is 4.79 Å². The quantitative estimate of drug-likeness (QED) is 0.686. The lowest BCUT2D eigenvalue weighted by Gasteiger charge is -2.46. The van der Waals surface area contributed by atoms with Gasteiger partial charge in [0.05, 0.1) is 11.7 Å². The second-order valence-corrected chi connectivity index (χ2v) is 8.66. The number of carbonyl (C=O) groups is 1. The van der Waals surface area contributed by atoms with Gasteiger partial charge in [0.15, 0.2) is 0 Å². The normalized spacial score (nSPS) is 20.1. The molecule has 2 aromatic carbocycles. The van der Waals surface area contributed by atoms with Crippen LogP contribution in [0.5, 0.6) is 5.75 Å². The fourth-order valence-electron chi connectivity index (χ4n) is 4.61. The van der Waals surface area contributed by atoms with Gasteiger partial charge in [-0.25, -0.2) is 4.98 Å². The first kappa shape index (κ1) is 19.8. The Bertz CT molecular complexity index is 1080. The van der Waals surface area contributed by atoms with Gasteiger partial charge < -0.3 is 19.4 Å². The van der Waals surface area contributed by atoms with Crippen LogP contribution in [-0.4, -0.2) is 41.5 Å². The van der Waals surface area contributed by atoms with Crippen LogP contribution in [0, 0.1) is 6.92 Å². The third-order valence-electron chi connectivity index (χ3n) is 6.42. The Morgan fingerprint density at radius 1 is 1.10 bits per heavy atom. The van der Waals surface area contributed by atoms with Crippen molar-refractivity contribution in [3.63, 3.8) is 0 Å². The summed E-state index contributed by atoms with van der Waals surface area (Å²) in [6.45, 7) is 3.79. The van der Waals surface area contributed by atoms with Gasteiger partial charge in [0.1, 0.15) is 11.4 Å². The molecule has 6 nitrogen and oxygen atoms in total. The van der Waals surface area contributed by atoms with E-state index in [1.165, 1.54) is 0 Å². The Labute approximate surface area is 182 Å². The SMILES string of the molecule is Cc1nc(-c2ccccc2)oc1C(=O)NC1CC2(CCN(C)CC2)Oc2ccccc21. The van der Waals surface area contributed by atoms with E-state index in [1.54, 1.807) is 6.92 Å². The zero-order chi connectivity index (χ0) is 21.4. The number of piperidine rings is 1. The number of likely N-dealkylation sites (tertiary alicyclic amines) is 1. The predicted molar refractivity (Wildman–Crippen MR) is 118 cm³/mol. The van der Waals surface area contributed by atoms with Crippen LogP contribution in [0.4, 0.5) is 0 Å². The first-order valence-corrected chi connectivity index (χ1v) is 10.8. The first-order chi connectivity index (χ1) is 15.0. The van der Waals surface area contributed by atoms with E-state index < -0.39 is 0 Å². The number of hydrogen-bond acceptors (Lipinski definition) is 5. The number of aryl methyl sites for hydroxylation is 1. The number of hydrogen-bond donors (Lipinski definition) is 1. The van der Waals surface area contributed by atoms with E-state index in [4.69, 9.17) is 9.15 Å². The van der Waals surface area contributed by atoms with Crippen molar-refractivity contribution in [2.75, 3.05) is 20.1 Å². The van der Waals surface area contributed by atoms with Crippen LogP contribution < -0.4 is 10.1 Å². The molecule has 160 valence electrons. The largest absolute Gasteiger partial charge is 0.487 e. The average molecular weight is 418 g/mol. The Kier molecular flexibility index (Phi) is 5.02. The number of benzene rings is 2. The number of amides is 1. The molecule has 1 aromatic heterocycles. The summed E-state index contributed by atoms with van der Waals surface area (Å²) >= 11 is 0. The number of nitrogens with zero attached hydrogens (tertiary/aromatic N) is 2. The molecule has 1 unspecified atom stereocenters. The zero-order valence-electron chi connectivity index (χ0n) is 17.9. The first-order valence-electron chi connectivity index (χ1n) is 10.8.